The number of carbonyl (C=O) groups is 3. The van der Waals surface area contributed by atoms with Crippen molar-refractivity contribution in [1.29, 1.82) is 0 Å². The molecule has 1 aromatic rings. The average molecular weight is 456 g/mol. The normalized spacial score (nSPS) is 22.0. The molecule has 0 amide bonds. The number of nitrogens with zero attached hydrogens (tertiary/aromatic N) is 3. The van der Waals surface area contributed by atoms with Crippen LogP contribution in [0.1, 0.15) is 17.4 Å². The average Bonchev–Trinajstić information content (AvgIpc) is 3.28. The van der Waals surface area contributed by atoms with Gasteiger partial charge in [0.05, 0.1) is 26.3 Å². The maximum absolute atomic E-state index is 12.2. The third-order valence-corrected chi connectivity index (χ3v) is 5.86. The van der Waals surface area contributed by atoms with Crippen LogP contribution >= 0.6 is 11.3 Å². The molecule has 0 spiro atoms. The second-order valence-corrected chi connectivity index (χ2v) is 8.47. The van der Waals surface area contributed by atoms with Crippen molar-refractivity contribution in [3.63, 3.8) is 0 Å². The molecule has 170 valence electrons. The largest absolute Gasteiger partial charge is 0.481 e. The second-order valence-electron chi connectivity index (χ2n) is 7.49. The van der Waals surface area contributed by atoms with Crippen LogP contribution in [0.15, 0.2) is 34.4 Å². The first-order chi connectivity index (χ1) is 14.4. The molecule has 4 unspecified atom stereocenters. The van der Waals surface area contributed by atoms with Crippen LogP contribution in [-0.4, -0.2) is 100.0 Å². The maximum atomic E-state index is 12.2. The Morgan fingerprint density at radius 3 is 2.45 bits per heavy atom. The van der Waals surface area contributed by atoms with Gasteiger partial charge in [0.25, 0.3) is 6.04 Å². The zero-order valence-corrected chi connectivity index (χ0v) is 18.2. The molecular formula is C19H26N3O8S+. The van der Waals surface area contributed by atoms with E-state index in [1.165, 1.54) is 30.7 Å². The van der Waals surface area contributed by atoms with Gasteiger partial charge in [-0.25, -0.2) is 9.59 Å². The Balaban J connectivity index is 2.53. The van der Waals surface area contributed by atoms with Gasteiger partial charge in [0.1, 0.15) is 0 Å². The summed E-state index contributed by atoms with van der Waals surface area (Å²) in [6.07, 6.45) is 0.696. The smallest absolute Gasteiger partial charge is 0.369 e. The summed E-state index contributed by atoms with van der Waals surface area (Å²) in [6, 6.07) is 1.42. The molecule has 12 heteroatoms. The second kappa shape index (κ2) is 9.66. The van der Waals surface area contributed by atoms with Gasteiger partial charge < -0.3 is 30.1 Å². The van der Waals surface area contributed by atoms with Crippen LogP contribution in [0.3, 0.4) is 0 Å². The van der Waals surface area contributed by atoms with Crippen molar-refractivity contribution in [2.45, 2.75) is 24.2 Å². The van der Waals surface area contributed by atoms with Crippen molar-refractivity contribution in [2.75, 3.05) is 34.3 Å². The Labute approximate surface area is 182 Å². The summed E-state index contributed by atoms with van der Waals surface area (Å²) >= 11 is 1.36. The summed E-state index contributed by atoms with van der Waals surface area (Å²) in [6.45, 7) is 0.850. The number of carboxylic acids is 3. The minimum atomic E-state index is -3.13. The number of rotatable bonds is 12. The Morgan fingerprint density at radius 1 is 1.29 bits per heavy atom. The van der Waals surface area contributed by atoms with Crippen molar-refractivity contribution in [1.82, 2.24) is 4.90 Å². The SMILES string of the molecule is CN(C)CCOC(C1=CC=N[N+]1(C)C(C(=O)O)C(O)(CC(=O)O)C(=O)O)c1cccs1. The molecule has 31 heavy (non-hydrogen) atoms. The molecule has 0 fully saturated rings. The molecule has 1 aliphatic rings. The summed E-state index contributed by atoms with van der Waals surface area (Å²) in [5, 5.41) is 45.4. The minimum absolute atomic E-state index is 0.263. The predicted molar refractivity (Wildman–Crippen MR) is 111 cm³/mol. The van der Waals surface area contributed by atoms with Crippen molar-refractivity contribution < 1.29 is 44.1 Å². The number of likely N-dealkylation sites (N-methyl/N-ethyl adjacent to an activating group) is 2. The molecule has 2 rings (SSSR count). The van der Waals surface area contributed by atoms with Crippen molar-refractivity contribution >= 4 is 35.5 Å². The summed E-state index contributed by atoms with van der Waals surface area (Å²) in [7, 11) is 5.03. The molecule has 0 aliphatic carbocycles. The van der Waals surface area contributed by atoms with Crippen LogP contribution < -0.4 is 0 Å². The quantitative estimate of drug-likeness (QED) is 0.328. The van der Waals surface area contributed by atoms with E-state index in [-0.39, 0.29) is 12.3 Å². The zero-order valence-electron chi connectivity index (χ0n) is 17.3. The molecule has 4 atom stereocenters. The molecule has 11 nitrogen and oxygen atoms in total. The van der Waals surface area contributed by atoms with E-state index in [2.05, 4.69) is 5.10 Å². The van der Waals surface area contributed by atoms with Gasteiger partial charge in [-0.05, 0) is 25.5 Å². The van der Waals surface area contributed by atoms with Gasteiger partial charge in [0.15, 0.2) is 11.8 Å². The first-order valence-electron chi connectivity index (χ1n) is 9.26. The van der Waals surface area contributed by atoms with E-state index in [4.69, 9.17) is 9.84 Å². The molecular weight excluding hydrogens is 430 g/mol. The lowest BCUT2D eigenvalue weighted by molar-refractivity contribution is -0.902. The molecule has 1 aromatic heterocycles. The van der Waals surface area contributed by atoms with E-state index in [0.717, 1.165) is 4.88 Å². The Morgan fingerprint density at radius 2 is 1.97 bits per heavy atom. The number of aliphatic hydroxyl groups is 1. The van der Waals surface area contributed by atoms with Crippen molar-refractivity contribution in [2.24, 2.45) is 5.10 Å². The highest BCUT2D eigenvalue weighted by molar-refractivity contribution is 7.10. The Bertz CT molecular complexity index is 885. The number of aliphatic carboxylic acids is 3. The molecule has 0 bridgehead atoms. The topological polar surface area (TPSA) is 157 Å². The zero-order chi connectivity index (χ0) is 23.4. The van der Waals surface area contributed by atoms with E-state index in [9.17, 15) is 29.7 Å². The maximum Gasteiger partial charge on any atom is 0.369 e. The van der Waals surface area contributed by atoms with Gasteiger partial charge in [-0.15, -0.1) is 11.3 Å². The summed E-state index contributed by atoms with van der Waals surface area (Å²) in [4.78, 5) is 38.0. The number of carboxylic acid groups (broad SMARTS) is 3. The number of allylic oxidation sites excluding steroid dienone is 1. The van der Waals surface area contributed by atoms with Crippen LogP contribution in [0.2, 0.25) is 0 Å². The highest BCUT2D eigenvalue weighted by atomic mass is 32.1. The number of quaternary nitrogens is 1. The molecule has 1 aliphatic heterocycles. The fraction of sp³-hybridized carbons (Fsp3) is 0.474. The molecule has 0 saturated carbocycles. The van der Waals surface area contributed by atoms with Gasteiger partial charge >= 0.3 is 17.9 Å². The molecule has 4 N–H and O–H groups in total. The van der Waals surface area contributed by atoms with E-state index in [1.54, 1.807) is 12.1 Å². The van der Waals surface area contributed by atoms with Crippen LogP contribution in [0.25, 0.3) is 0 Å². The molecule has 0 aromatic carbocycles. The standard InChI is InChI=1S/C19H25N3O8S/c1-21(2)8-9-30-15(13-5-4-10-31-13)12-6-7-20-22(12,3)16(17(25)26)19(29,18(27)28)11-14(23)24/h4-7,10,15-16,29H,8-9,11H2,1-3H3,(H2-,23,24,25,26,27,28)/p+1. The summed E-state index contributed by atoms with van der Waals surface area (Å²) in [5.41, 5.74) is -2.87. The highest BCUT2D eigenvalue weighted by Gasteiger charge is 2.63. The molecule has 0 saturated heterocycles. The summed E-state index contributed by atoms with van der Waals surface area (Å²) in [5.74, 6) is -5.34. The van der Waals surface area contributed by atoms with Crippen molar-refractivity contribution in [3.8, 4) is 0 Å². The lowest BCUT2D eigenvalue weighted by Gasteiger charge is -2.40. The van der Waals surface area contributed by atoms with Crippen LogP contribution in [0.4, 0.5) is 0 Å². The van der Waals surface area contributed by atoms with E-state index in [1.807, 2.05) is 24.4 Å². The highest BCUT2D eigenvalue weighted by Crippen LogP contribution is 2.41. The number of hydrogen-bond donors (Lipinski definition) is 4. The van der Waals surface area contributed by atoms with Crippen LogP contribution in [-0.2, 0) is 19.1 Å². The Kier molecular flexibility index (Phi) is 7.68. The third kappa shape index (κ3) is 5.17. The first kappa shape index (κ1) is 24.6. The first-order valence-corrected chi connectivity index (χ1v) is 10.1. The molecule has 2 heterocycles. The van der Waals surface area contributed by atoms with E-state index in [0.29, 0.717) is 6.54 Å². The minimum Gasteiger partial charge on any atom is -0.481 e. The summed E-state index contributed by atoms with van der Waals surface area (Å²) < 4.78 is 5.12. The van der Waals surface area contributed by atoms with E-state index < -0.39 is 46.7 Å². The number of hydrogen-bond acceptors (Lipinski definition) is 8. The third-order valence-electron chi connectivity index (χ3n) is 4.95. The van der Waals surface area contributed by atoms with Crippen LogP contribution in [0, 0.1) is 0 Å². The van der Waals surface area contributed by atoms with Gasteiger partial charge in [-0.3, -0.25) is 4.79 Å². The van der Waals surface area contributed by atoms with Gasteiger partial charge in [0.2, 0.25) is 5.60 Å². The van der Waals surface area contributed by atoms with Crippen LogP contribution in [0.5, 0.6) is 0 Å². The molecule has 0 radical (unpaired) electrons. The fourth-order valence-corrected chi connectivity index (χ4v) is 4.25. The van der Waals surface area contributed by atoms with Gasteiger partial charge in [-0.2, -0.15) is 4.59 Å². The lowest BCUT2D eigenvalue weighted by Crippen LogP contribution is -2.66. The lowest BCUT2D eigenvalue weighted by atomic mass is 9.88. The number of thiophene rings is 1. The monoisotopic (exact) mass is 456 g/mol. The van der Waals surface area contributed by atoms with Gasteiger partial charge in [0, 0.05) is 17.5 Å². The van der Waals surface area contributed by atoms with Gasteiger partial charge in [-0.1, -0.05) is 11.2 Å². The predicted octanol–water partition coefficient (Wildman–Crippen LogP) is 0.441. The fourth-order valence-electron chi connectivity index (χ4n) is 3.47. The van der Waals surface area contributed by atoms with E-state index >= 15 is 0 Å². The Hall–Kier alpha value is -2.64. The van der Waals surface area contributed by atoms with Crippen molar-refractivity contribution in [3.05, 3.63) is 34.2 Å². The number of ether oxygens (including phenoxy) is 1.